The molecule has 0 saturated carbocycles. The van der Waals surface area contributed by atoms with Crippen molar-refractivity contribution < 1.29 is 19.1 Å². The van der Waals surface area contributed by atoms with Gasteiger partial charge in [-0.1, -0.05) is 25.1 Å². The van der Waals surface area contributed by atoms with Crippen molar-refractivity contribution in [3.63, 3.8) is 0 Å². The van der Waals surface area contributed by atoms with Gasteiger partial charge in [-0.2, -0.15) is 0 Å². The second-order valence-corrected chi connectivity index (χ2v) is 8.43. The fourth-order valence-electron chi connectivity index (χ4n) is 3.39. The van der Waals surface area contributed by atoms with Crippen LogP contribution in [-0.4, -0.2) is 49.0 Å². The van der Waals surface area contributed by atoms with Gasteiger partial charge in [0.25, 0.3) is 0 Å². The highest BCUT2D eigenvalue weighted by atomic mass is 32.1. The summed E-state index contributed by atoms with van der Waals surface area (Å²) >= 11 is 1.46. The molecule has 174 valence electrons. The van der Waals surface area contributed by atoms with E-state index in [-0.39, 0.29) is 24.8 Å². The number of benzene rings is 2. The van der Waals surface area contributed by atoms with Crippen LogP contribution in [0, 0.1) is 6.92 Å². The summed E-state index contributed by atoms with van der Waals surface area (Å²) in [7, 11) is 3.18. The van der Waals surface area contributed by atoms with Crippen LogP contribution in [-0.2, 0) is 16.0 Å². The number of anilines is 1. The molecule has 0 aliphatic carbocycles. The van der Waals surface area contributed by atoms with E-state index >= 15 is 0 Å². The molecule has 2 aromatic carbocycles. The Kier molecular flexibility index (Phi) is 8.43. The Morgan fingerprint density at radius 2 is 1.85 bits per heavy atom. The van der Waals surface area contributed by atoms with Crippen molar-refractivity contribution in [2.45, 2.75) is 26.7 Å². The lowest BCUT2D eigenvalue weighted by atomic mass is 10.2. The summed E-state index contributed by atoms with van der Waals surface area (Å²) in [4.78, 5) is 31.7. The second kappa shape index (κ2) is 11.5. The van der Waals surface area contributed by atoms with E-state index in [2.05, 4.69) is 10.3 Å². The largest absolute Gasteiger partial charge is 0.493 e. The summed E-state index contributed by atoms with van der Waals surface area (Å²) in [6.45, 7) is 4.43. The average molecular weight is 468 g/mol. The molecule has 0 unspecified atom stereocenters. The molecule has 8 heteroatoms. The SMILES string of the molecule is CCCN(CC(=O)Nc1ccccc1C)C(=O)Cc1csc(-c2ccc(OC)c(OC)c2)n1. The monoisotopic (exact) mass is 467 g/mol. The van der Waals surface area contributed by atoms with E-state index in [9.17, 15) is 9.59 Å². The number of aryl methyl sites for hydroxylation is 1. The van der Waals surface area contributed by atoms with Crippen LogP contribution in [0.3, 0.4) is 0 Å². The Hall–Kier alpha value is -3.39. The molecule has 33 heavy (non-hydrogen) atoms. The van der Waals surface area contributed by atoms with E-state index in [1.54, 1.807) is 19.1 Å². The van der Waals surface area contributed by atoms with Crippen molar-refractivity contribution in [1.82, 2.24) is 9.88 Å². The van der Waals surface area contributed by atoms with Crippen LogP contribution in [0.1, 0.15) is 24.6 Å². The quantitative estimate of drug-likeness (QED) is 0.473. The number of nitrogens with one attached hydrogen (secondary N) is 1. The zero-order valence-electron chi connectivity index (χ0n) is 19.4. The molecular formula is C25H29N3O4S. The first kappa shape index (κ1) is 24.3. The summed E-state index contributed by atoms with van der Waals surface area (Å²) in [5, 5.41) is 5.56. The minimum Gasteiger partial charge on any atom is -0.493 e. The van der Waals surface area contributed by atoms with Crippen LogP contribution in [0.5, 0.6) is 11.5 Å². The van der Waals surface area contributed by atoms with Crippen LogP contribution < -0.4 is 14.8 Å². The number of aromatic nitrogens is 1. The van der Waals surface area contributed by atoms with E-state index in [0.29, 0.717) is 23.7 Å². The number of hydrogen-bond acceptors (Lipinski definition) is 6. The molecular weight excluding hydrogens is 438 g/mol. The summed E-state index contributed by atoms with van der Waals surface area (Å²) in [5.41, 5.74) is 3.30. The summed E-state index contributed by atoms with van der Waals surface area (Å²) in [6.07, 6.45) is 0.902. The standard InChI is InChI=1S/C25H29N3O4S/c1-5-12-28(15-23(29)27-20-9-7-6-8-17(20)2)24(30)14-19-16-33-25(26-19)18-10-11-21(31-3)22(13-18)32-4/h6-11,13,16H,5,12,14-15H2,1-4H3,(H,27,29). The molecule has 0 aliphatic rings. The van der Waals surface area contributed by atoms with Crippen molar-refractivity contribution in [3.8, 4) is 22.1 Å². The van der Waals surface area contributed by atoms with Gasteiger partial charge in [-0.05, 0) is 43.2 Å². The molecule has 0 spiro atoms. The second-order valence-electron chi connectivity index (χ2n) is 7.57. The van der Waals surface area contributed by atoms with Crippen molar-refractivity contribution in [1.29, 1.82) is 0 Å². The van der Waals surface area contributed by atoms with Gasteiger partial charge in [0.1, 0.15) is 5.01 Å². The number of rotatable bonds is 10. The van der Waals surface area contributed by atoms with Crippen LogP contribution in [0.15, 0.2) is 47.8 Å². The van der Waals surface area contributed by atoms with Crippen molar-refractivity contribution in [3.05, 3.63) is 59.1 Å². The zero-order chi connectivity index (χ0) is 23.8. The lowest BCUT2D eigenvalue weighted by molar-refractivity contribution is -0.134. The minimum absolute atomic E-state index is 0.00762. The number of carbonyl (C=O) groups is 2. The van der Waals surface area contributed by atoms with Gasteiger partial charge in [0, 0.05) is 23.2 Å². The Morgan fingerprint density at radius 1 is 1.09 bits per heavy atom. The smallest absolute Gasteiger partial charge is 0.244 e. The number of methoxy groups -OCH3 is 2. The summed E-state index contributed by atoms with van der Waals surface area (Å²) in [5.74, 6) is 0.931. The molecule has 0 atom stereocenters. The number of nitrogens with zero attached hydrogens (tertiary/aromatic N) is 2. The van der Waals surface area contributed by atoms with Gasteiger partial charge in [-0.25, -0.2) is 4.98 Å². The molecule has 0 saturated heterocycles. The molecule has 0 bridgehead atoms. The molecule has 0 aliphatic heterocycles. The number of carbonyl (C=O) groups excluding carboxylic acids is 2. The first-order chi connectivity index (χ1) is 15.9. The maximum absolute atomic E-state index is 13.0. The zero-order valence-corrected chi connectivity index (χ0v) is 20.2. The molecule has 7 nitrogen and oxygen atoms in total. The molecule has 0 fully saturated rings. The Morgan fingerprint density at radius 3 is 2.55 bits per heavy atom. The predicted molar refractivity (Wildman–Crippen MR) is 131 cm³/mol. The normalized spacial score (nSPS) is 10.5. The minimum atomic E-state index is -0.213. The van der Waals surface area contributed by atoms with Crippen LogP contribution in [0.25, 0.3) is 10.6 Å². The maximum Gasteiger partial charge on any atom is 0.244 e. The highest BCUT2D eigenvalue weighted by molar-refractivity contribution is 7.13. The number of hydrogen-bond donors (Lipinski definition) is 1. The Balaban J connectivity index is 1.66. The lowest BCUT2D eigenvalue weighted by Crippen LogP contribution is -2.39. The summed E-state index contributed by atoms with van der Waals surface area (Å²) < 4.78 is 10.7. The van der Waals surface area contributed by atoms with Gasteiger partial charge in [-0.15, -0.1) is 11.3 Å². The number of thiazole rings is 1. The van der Waals surface area contributed by atoms with Gasteiger partial charge < -0.3 is 19.7 Å². The topological polar surface area (TPSA) is 80.8 Å². The van der Waals surface area contributed by atoms with Crippen molar-refractivity contribution in [2.24, 2.45) is 0 Å². The first-order valence-corrected chi connectivity index (χ1v) is 11.6. The van der Waals surface area contributed by atoms with Crippen LogP contribution in [0.2, 0.25) is 0 Å². The lowest BCUT2D eigenvalue weighted by Gasteiger charge is -2.21. The van der Waals surface area contributed by atoms with E-state index in [1.165, 1.54) is 11.3 Å². The van der Waals surface area contributed by atoms with Crippen molar-refractivity contribution >= 4 is 28.8 Å². The molecule has 0 radical (unpaired) electrons. The maximum atomic E-state index is 13.0. The fraction of sp³-hybridized carbons (Fsp3) is 0.320. The third kappa shape index (κ3) is 6.32. The van der Waals surface area contributed by atoms with Gasteiger partial charge in [-0.3, -0.25) is 9.59 Å². The molecule has 3 aromatic rings. The van der Waals surface area contributed by atoms with Gasteiger partial charge in [0.15, 0.2) is 11.5 Å². The number of ether oxygens (including phenoxy) is 2. The van der Waals surface area contributed by atoms with Crippen LogP contribution >= 0.6 is 11.3 Å². The van der Waals surface area contributed by atoms with E-state index in [4.69, 9.17) is 9.47 Å². The van der Waals surface area contributed by atoms with Crippen molar-refractivity contribution in [2.75, 3.05) is 32.6 Å². The molecule has 2 amide bonds. The van der Waals surface area contributed by atoms with Gasteiger partial charge in [0.05, 0.1) is 32.9 Å². The highest BCUT2D eigenvalue weighted by Crippen LogP contribution is 2.33. The first-order valence-electron chi connectivity index (χ1n) is 10.7. The average Bonchev–Trinajstić information content (AvgIpc) is 3.28. The molecule has 3 rings (SSSR count). The van der Waals surface area contributed by atoms with Gasteiger partial charge in [0.2, 0.25) is 11.8 Å². The Labute approximate surface area is 198 Å². The molecule has 1 aromatic heterocycles. The van der Waals surface area contributed by atoms with Gasteiger partial charge >= 0.3 is 0 Å². The highest BCUT2D eigenvalue weighted by Gasteiger charge is 2.19. The fourth-order valence-corrected chi connectivity index (χ4v) is 4.21. The third-order valence-corrected chi connectivity index (χ3v) is 6.05. The Bertz CT molecular complexity index is 1110. The number of para-hydroxylation sites is 1. The molecule has 1 N–H and O–H groups in total. The third-order valence-electron chi connectivity index (χ3n) is 5.11. The van der Waals surface area contributed by atoms with E-state index < -0.39 is 0 Å². The molecule has 1 heterocycles. The summed E-state index contributed by atoms with van der Waals surface area (Å²) in [6, 6.07) is 13.2. The predicted octanol–water partition coefficient (Wildman–Crippen LogP) is 4.56. The van der Waals surface area contributed by atoms with E-state index in [1.807, 2.05) is 61.7 Å². The number of amides is 2. The van der Waals surface area contributed by atoms with Crippen LogP contribution in [0.4, 0.5) is 5.69 Å². The van der Waals surface area contributed by atoms with E-state index in [0.717, 1.165) is 28.2 Å².